The van der Waals surface area contributed by atoms with Crippen LogP contribution in [0.25, 0.3) is 0 Å². The monoisotopic (exact) mass is 252 g/mol. The number of ether oxygens (including phenoxy) is 1. The SMILES string of the molecule is CCC=CCCC1C(=O)CCC1CC(=O)OCC. The van der Waals surface area contributed by atoms with Crippen LogP contribution in [-0.4, -0.2) is 18.4 Å². The van der Waals surface area contributed by atoms with E-state index in [2.05, 4.69) is 19.1 Å². The molecule has 18 heavy (non-hydrogen) atoms. The van der Waals surface area contributed by atoms with Gasteiger partial charge in [0.1, 0.15) is 5.78 Å². The van der Waals surface area contributed by atoms with Crippen LogP contribution in [0, 0.1) is 11.8 Å². The molecule has 1 aliphatic rings. The van der Waals surface area contributed by atoms with Crippen LogP contribution in [0.1, 0.15) is 52.4 Å². The Bertz CT molecular complexity index is 307. The normalized spacial score (nSPS) is 23.8. The number of carbonyl (C=O) groups is 2. The molecule has 1 aliphatic carbocycles. The van der Waals surface area contributed by atoms with E-state index in [0.717, 1.165) is 25.7 Å². The number of carbonyl (C=O) groups excluding carboxylic acids is 2. The first kappa shape index (κ1) is 14.9. The van der Waals surface area contributed by atoms with Crippen molar-refractivity contribution in [1.29, 1.82) is 0 Å². The Morgan fingerprint density at radius 1 is 1.39 bits per heavy atom. The molecule has 1 saturated carbocycles. The van der Waals surface area contributed by atoms with Gasteiger partial charge in [0.05, 0.1) is 6.61 Å². The van der Waals surface area contributed by atoms with E-state index in [-0.39, 0.29) is 17.8 Å². The minimum absolute atomic E-state index is 0.0657. The smallest absolute Gasteiger partial charge is 0.306 e. The Kier molecular flexibility index (Phi) is 6.69. The first-order valence-corrected chi connectivity index (χ1v) is 7.02. The molecule has 0 spiro atoms. The molecule has 1 fully saturated rings. The van der Waals surface area contributed by atoms with Crippen molar-refractivity contribution in [2.75, 3.05) is 6.61 Å². The fourth-order valence-electron chi connectivity index (χ4n) is 2.61. The van der Waals surface area contributed by atoms with Gasteiger partial charge in [0, 0.05) is 18.8 Å². The highest BCUT2D eigenvalue weighted by Gasteiger charge is 2.35. The molecule has 3 heteroatoms. The maximum absolute atomic E-state index is 11.8. The summed E-state index contributed by atoms with van der Waals surface area (Å²) >= 11 is 0. The summed E-state index contributed by atoms with van der Waals surface area (Å²) in [5.41, 5.74) is 0. The number of esters is 1. The zero-order valence-electron chi connectivity index (χ0n) is 11.5. The van der Waals surface area contributed by atoms with Gasteiger partial charge in [0.25, 0.3) is 0 Å². The van der Waals surface area contributed by atoms with E-state index in [1.807, 2.05) is 6.92 Å². The quantitative estimate of drug-likeness (QED) is 0.516. The van der Waals surface area contributed by atoms with E-state index < -0.39 is 0 Å². The van der Waals surface area contributed by atoms with Gasteiger partial charge in [0.15, 0.2) is 0 Å². The van der Waals surface area contributed by atoms with Crippen LogP contribution in [0.5, 0.6) is 0 Å². The zero-order valence-corrected chi connectivity index (χ0v) is 11.5. The molecule has 2 unspecified atom stereocenters. The first-order chi connectivity index (χ1) is 8.69. The summed E-state index contributed by atoms with van der Waals surface area (Å²) in [7, 11) is 0. The third kappa shape index (κ3) is 4.63. The molecule has 0 N–H and O–H groups in total. The van der Waals surface area contributed by atoms with Crippen LogP contribution in [0.3, 0.4) is 0 Å². The highest BCUT2D eigenvalue weighted by atomic mass is 16.5. The Balaban J connectivity index is 2.43. The minimum atomic E-state index is -0.161. The number of allylic oxidation sites excluding steroid dienone is 2. The van der Waals surface area contributed by atoms with Crippen molar-refractivity contribution in [3.05, 3.63) is 12.2 Å². The van der Waals surface area contributed by atoms with E-state index in [4.69, 9.17) is 4.74 Å². The van der Waals surface area contributed by atoms with Crippen molar-refractivity contribution in [2.45, 2.75) is 52.4 Å². The molecular weight excluding hydrogens is 228 g/mol. The largest absolute Gasteiger partial charge is 0.466 e. The minimum Gasteiger partial charge on any atom is -0.466 e. The predicted molar refractivity (Wildman–Crippen MR) is 71.1 cm³/mol. The van der Waals surface area contributed by atoms with E-state index in [1.165, 1.54) is 0 Å². The lowest BCUT2D eigenvalue weighted by molar-refractivity contribution is -0.144. The molecule has 3 nitrogen and oxygen atoms in total. The fraction of sp³-hybridized carbons (Fsp3) is 0.733. The second-order valence-electron chi connectivity index (χ2n) is 4.84. The molecule has 0 heterocycles. The highest BCUT2D eigenvalue weighted by Crippen LogP contribution is 2.34. The second kappa shape index (κ2) is 8.06. The Hall–Kier alpha value is -1.12. The van der Waals surface area contributed by atoms with Gasteiger partial charge in [-0.3, -0.25) is 9.59 Å². The maximum Gasteiger partial charge on any atom is 0.306 e. The van der Waals surface area contributed by atoms with Crippen molar-refractivity contribution in [2.24, 2.45) is 11.8 Å². The van der Waals surface area contributed by atoms with E-state index >= 15 is 0 Å². The highest BCUT2D eigenvalue weighted by molar-refractivity contribution is 5.84. The second-order valence-corrected chi connectivity index (χ2v) is 4.84. The van der Waals surface area contributed by atoms with E-state index in [9.17, 15) is 9.59 Å². The molecule has 0 bridgehead atoms. The lowest BCUT2D eigenvalue weighted by Crippen LogP contribution is -2.19. The van der Waals surface area contributed by atoms with Gasteiger partial charge in [-0.15, -0.1) is 0 Å². The van der Waals surface area contributed by atoms with Gasteiger partial charge in [-0.2, -0.15) is 0 Å². The molecule has 0 saturated heterocycles. The summed E-state index contributed by atoms with van der Waals surface area (Å²) in [6, 6.07) is 0. The van der Waals surface area contributed by atoms with Crippen LogP contribution in [0.2, 0.25) is 0 Å². The number of hydrogen-bond donors (Lipinski definition) is 0. The van der Waals surface area contributed by atoms with Gasteiger partial charge in [-0.25, -0.2) is 0 Å². The van der Waals surface area contributed by atoms with Crippen LogP contribution < -0.4 is 0 Å². The molecule has 102 valence electrons. The zero-order chi connectivity index (χ0) is 13.4. The van der Waals surface area contributed by atoms with Gasteiger partial charge >= 0.3 is 5.97 Å². The van der Waals surface area contributed by atoms with Crippen molar-refractivity contribution in [3.8, 4) is 0 Å². The topological polar surface area (TPSA) is 43.4 Å². The molecule has 0 aromatic carbocycles. The van der Waals surface area contributed by atoms with E-state index in [1.54, 1.807) is 0 Å². The van der Waals surface area contributed by atoms with Crippen LogP contribution in [0.15, 0.2) is 12.2 Å². The summed E-state index contributed by atoms with van der Waals surface area (Å²) in [6.45, 7) is 4.33. The molecule has 0 amide bonds. The van der Waals surface area contributed by atoms with E-state index in [0.29, 0.717) is 25.2 Å². The Labute approximate surface area is 110 Å². The van der Waals surface area contributed by atoms with Crippen molar-refractivity contribution < 1.29 is 14.3 Å². The fourth-order valence-corrected chi connectivity index (χ4v) is 2.61. The molecule has 0 radical (unpaired) electrons. The van der Waals surface area contributed by atoms with Gasteiger partial charge in [0.2, 0.25) is 0 Å². The lowest BCUT2D eigenvalue weighted by Gasteiger charge is -2.16. The average molecular weight is 252 g/mol. The molecule has 0 aliphatic heterocycles. The third-order valence-electron chi connectivity index (χ3n) is 3.53. The average Bonchev–Trinajstić information content (AvgIpc) is 2.67. The third-order valence-corrected chi connectivity index (χ3v) is 3.53. The lowest BCUT2D eigenvalue weighted by atomic mass is 9.88. The number of Topliss-reactive ketones (excluding diaryl/α,β-unsaturated/α-hetero) is 1. The number of ketones is 1. The van der Waals surface area contributed by atoms with Crippen LogP contribution >= 0.6 is 0 Å². The van der Waals surface area contributed by atoms with Gasteiger partial charge < -0.3 is 4.74 Å². The van der Waals surface area contributed by atoms with Crippen molar-refractivity contribution in [3.63, 3.8) is 0 Å². The van der Waals surface area contributed by atoms with Crippen LogP contribution in [0.4, 0.5) is 0 Å². The predicted octanol–water partition coefficient (Wildman–Crippen LogP) is 3.28. The molecular formula is C15H24O3. The summed E-state index contributed by atoms with van der Waals surface area (Å²) in [5, 5.41) is 0. The summed E-state index contributed by atoms with van der Waals surface area (Å²) < 4.78 is 4.97. The Morgan fingerprint density at radius 3 is 2.83 bits per heavy atom. The molecule has 1 rings (SSSR count). The van der Waals surface area contributed by atoms with Crippen LogP contribution in [-0.2, 0) is 14.3 Å². The van der Waals surface area contributed by atoms with Gasteiger partial charge in [-0.05, 0) is 38.5 Å². The summed E-state index contributed by atoms with van der Waals surface area (Å²) in [6.07, 6.45) is 8.98. The number of rotatable bonds is 7. The molecule has 2 atom stereocenters. The molecule has 0 aromatic rings. The Morgan fingerprint density at radius 2 is 2.17 bits per heavy atom. The first-order valence-electron chi connectivity index (χ1n) is 7.02. The number of hydrogen-bond acceptors (Lipinski definition) is 3. The maximum atomic E-state index is 11.8. The summed E-state index contributed by atoms with van der Waals surface area (Å²) in [5.74, 6) is 0.433. The van der Waals surface area contributed by atoms with Gasteiger partial charge in [-0.1, -0.05) is 19.1 Å². The summed E-state index contributed by atoms with van der Waals surface area (Å²) in [4.78, 5) is 23.3. The standard InChI is InChI=1S/C15H24O3/c1-3-5-6-7-8-13-12(9-10-14(13)16)11-15(17)18-4-2/h5-6,12-13H,3-4,7-11H2,1-2H3. The molecule has 0 aromatic heterocycles. The van der Waals surface area contributed by atoms with Crippen molar-refractivity contribution >= 4 is 11.8 Å². The van der Waals surface area contributed by atoms with Crippen molar-refractivity contribution in [1.82, 2.24) is 0 Å².